The molecule has 1 aromatic carbocycles. The quantitative estimate of drug-likeness (QED) is 0.651. The molecule has 114 valence electrons. The topological polar surface area (TPSA) is 50.7 Å². The van der Waals surface area contributed by atoms with Gasteiger partial charge in [0.25, 0.3) is 5.91 Å². The number of halogens is 1. The van der Waals surface area contributed by atoms with Crippen LogP contribution in [0.5, 0.6) is 0 Å². The lowest BCUT2D eigenvalue weighted by atomic mass is 9.86. The summed E-state index contributed by atoms with van der Waals surface area (Å²) in [5.41, 5.74) is 0.916. The molecule has 4 nitrogen and oxygen atoms in total. The van der Waals surface area contributed by atoms with E-state index in [-0.39, 0.29) is 18.6 Å². The van der Waals surface area contributed by atoms with Crippen molar-refractivity contribution >= 4 is 28.1 Å². The van der Waals surface area contributed by atoms with Crippen LogP contribution in [-0.2, 0) is 9.63 Å². The smallest absolute Gasteiger partial charge is 0.261 e. The number of oxime groups is 1. The lowest BCUT2D eigenvalue weighted by Crippen LogP contribution is -2.42. The Morgan fingerprint density at radius 1 is 1.43 bits per heavy atom. The largest absolute Gasteiger partial charge is 0.386 e. The molecule has 0 spiro atoms. The predicted molar refractivity (Wildman–Crippen MR) is 87.3 cm³/mol. The van der Waals surface area contributed by atoms with Crippen molar-refractivity contribution in [3.05, 3.63) is 34.3 Å². The molecule has 0 aliphatic heterocycles. The van der Waals surface area contributed by atoms with Gasteiger partial charge in [-0.2, -0.15) is 0 Å². The van der Waals surface area contributed by atoms with E-state index in [0.29, 0.717) is 5.92 Å². The van der Waals surface area contributed by atoms with Gasteiger partial charge in [0.05, 0.1) is 6.21 Å². The van der Waals surface area contributed by atoms with Gasteiger partial charge in [0.15, 0.2) is 6.61 Å². The van der Waals surface area contributed by atoms with Crippen molar-refractivity contribution in [3.63, 3.8) is 0 Å². The minimum atomic E-state index is -0.0990. The van der Waals surface area contributed by atoms with Crippen LogP contribution >= 0.6 is 15.9 Å². The fourth-order valence-electron chi connectivity index (χ4n) is 2.55. The number of hydrogen-bond donors (Lipinski definition) is 1. The third kappa shape index (κ3) is 5.16. The summed E-state index contributed by atoms with van der Waals surface area (Å²) in [6.07, 6.45) is 6.30. The van der Waals surface area contributed by atoms with Crippen LogP contribution in [0.25, 0.3) is 0 Å². The number of carbonyl (C=O) groups is 1. The average Bonchev–Trinajstić information content (AvgIpc) is 2.48. The van der Waals surface area contributed by atoms with Crippen LogP contribution in [0.3, 0.4) is 0 Å². The zero-order chi connectivity index (χ0) is 15.1. The molecule has 1 aliphatic rings. The first-order valence-corrected chi connectivity index (χ1v) is 8.15. The zero-order valence-electron chi connectivity index (χ0n) is 12.2. The monoisotopic (exact) mass is 352 g/mol. The summed E-state index contributed by atoms with van der Waals surface area (Å²) >= 11 is 3.42. The molecule has 0 heterocycles. The first-order chi connectivity index (χ1) is 10.2. The molecule has 1 fully saturated rings. The van der Waals surface area contributed by atoms with E-state index in [0.717, 1.165) is 16.5 Å². The van der Waals surface area contributed by atoms with Crippen molar-refractivity contribution in [2.75, 3.05) is 6.61 Å². The molecular formula is C16H21BrN2O2. The molecular weight excluding hydrogens is 332 g/mol. The lowest BCUT2D eigenvalue weighted by Gasteiger charge is -2.29. The van der Waals surface area contributed by atoms with Crippen LogP contribution in [0.2, 0.25) is 0 Å². The van der Waals surface area contributed by atoms with Crippen LogP contribution in [0.1, 0.15) is 38.2 Å². The molecule has 0 aromatic heterocycles. The van der Waals surface area contributed by atoms with E-state index >= 15 is 0 Å². The summed E-state index contributed by atoms with van der Waals surface area (Å²) in [5.74, 6) is 0.449. The molecule has 0 radical (unpaired) electrons. The van der Waals surface area contributed by atoms with Gasteiger partial charge in [0, 0.05) is 16.1 Å². The number of carbonyl (C=O) groups excluding carboxylic acids is 1. The zero-order valence-corrected chi connectivity index (χ0v) is 13.8. The average molecular weight is 353 g/mol. The van der Waals surface area contributed by atoms with Crippen molar-refractivity contribution < 1.29 is 9.63 Å². The standard InChI is InChI=1S/C16H21BrN2O2/c1-12-6-2-5-9-15(12)19-16(20)11-21-18-10-13-7-3-4-8-14(13)17/h3-4,7-8,10,12,15H,2,5-6,9,11H2,1H3,(H,19,20)/b18-10-/t12-,15+/m1/s1. The molecule has 0 bridgehead atoms. The Bertz CT molecular complexity index is 505. The second-order valence-corrected chi connectivity index (χ2v) is 6.32. The maximum atomic E-state index is 11.8. The minimum Gasteiger partial charge on any atom is -0.386 e. The normalized spacial score (nSPS) is 22.2. The SMILES string of the molecule is C[C@@H]1CCCC[C@@H]1NC(=O)CO/N=C\c1ccccc1Br. The Hall–Kier alpha value is -1.36. The third-order valence-corrected chi connectivity index (χ3v) is 4.55. The van der Waals surface area contributed by atoms with Crippen molar-refractivity contribution in [2.24, 2.45) is 11.1 Å². The number of benzene rings is 1. The highest BCUT2D eigenvalue weighted by molar-refractivity contribution is 9.10. The van der Waals surface area contributed by atoms with Crippen LogP contribution in [0.4, 0.5) is 0 Å². The Morgan fingerprint density at radius 2 is 2.19 bits per heavy atom. The van der Waals surface area contributed by atoms with Gasteiger partial charge in [0.1, 0.15) is 0 Å². The van der Waals surface area contributed by atoms with Crippen molar-refractivity contribution in [1.82, 2.24) is 5.32 Å². The van der Waals surface area contributed by atoms with Crippen molar-refractivity contribution in [1.29, 1.82) is 0 Å². The molecule has 1 aliphatic carbocycles. The van der Waals surface area contributed by atoms with Crippen LogP contribution in [0, 0.1) is 5.92 Å². The van der Waals surface area contributed by atoms with Crippen LogP contribution < -0.4 is 5.32 Å². The van der Waals surface area contributed by atoms with Crippen LogP contribution in [0.15, 0.2) is 33.9 Å². The molecule has 1 amide bonds. The molecule has 1 saturated carbocycles. The van der Waals surface area contributed by atoms with Gasteiger partial charge < -0.3 is 10.2 Å². The highest BCUT2D eigenvalue weighted by Crippen LogP contribution is 2.23. The second kappa shape index (κ2) is 8.17. The summed E-state index contributed by atoms with van der Waals surface area (Å²) in [5, 5.41) is 6.87. The Morgan fingerprint density at radius 3 is 2.95 bits per heavy atom. The van der Waals surface area contributed by atoms with Crippen LogP contribution in [-0.4, -0.2) is 24.8 Å². The number of rotatable bonds is 5. The van der Waals surface area contributed by atoms with E-state index in [2.05, 4.69) is 33.3 Å². The van der Waals surface area contributed by atoms with Crippen molar-refractivity contribution in [3.8, 4) is 0 Å². The fraction of sp³-hybridized carbons (Fsp3) is 0.500. The van der Waals surface area contributed by atoms with E-state index in [1.165, 1.54) is 19.3 Å². The summed E-state index contributed by atoms with van der Waals surface area (Å²) in [7, 11) is 0. The van der Waals surface area contributed by atoms with Gasteiger partial charge in [-0.05, 0) is 24.8 Å². The third-order valence-electron chi connectivity index (χ3n) is 3.83. The van der Waals surface area contributed by atoms with E-state index in [1.54, 1.807) is 6.21 Å². The lowest BCUT2D eigenvalue weighted by molar-refractivity contribution is -0.126. The van der Waals surface area contributed by atoms with E-state index < -0.39 is 0 Å². The molecule has 5 heteroatoms. The molecule has 0 saturated heterocycles. The summed E-state index contributed by atoms with van der Waals surface area (Å²) in [6.45, 7) is 2.15. The second-order valence-electron chi connectivity index (χ2n) is 5.47. The molecule has 1 aromatic rings. The Labute approximate surface area is 134 Å². The first kappa shape index (κ1) is 16.0. The molecule has 2 atom stereocenters. The molecule has 21 heavy (non-hydrogen) atoms. The Balaban J connectivity index is 1.73. The van der Waals surface area contributed by atoms with Gasteiger partial charge >= 0.3 is 0 Å². The first-order valence-electron chi connectivity index (χ1n) is 7.36. The maximum absolute atomic E-state index is 11.8. The van der Waals surface area contributed by atoms with Crippen molar-refractivity contribution in [2.45, 2.75) is 38.6 Å². The Kier molecular flexibility index (Phi) is 6.23. The predicted octanol–water partition coefficient (Wildman–Crippen LogP) is 3.49. The molecule has 2 rings (SSSR count). The number of hydrogen-bond acceptors (Lipinski definition) is 3. The van der Waals surface area contributed by atoms with E-state index in [9.17, 15) is 4.79 Å². The fourth-order valence-corrected chi connectivity index (χ4v) is 2.94. The maximum Gasteiger partial charge on any atom is 0.261 e. The van der Waals surface area contributed by atoms with Gasteiger partial charge in [-0.3, -0.25) is 4.79 Å². The number of nitrogens with one attached hydrogen (secondary N) is 1. The van der Waals surface area contributed by atoms with E-state index in [1.807, 2.05) is 24.3 Å². The van der Waals surface area contributed by atoms with Gasteiger partial charge in [-0.1, -0.05) is 59.1 Å². The van der Waals surface area contributed by atoms with Gasteiger partial charge in [-0.15, -0.1) is 0 Å². The number of nitrogens with zero attached hydrogens (tertiary/aromatic N) is 1. The number of amides is 1. The minimum absolute atomic E-state index is 0.0375. The highest BCUT2D eigenvalue weighted by atomic mass is 79.9. The highest BCUT2D eigenvalue weighted by Gasteiger charge is 2.22. The van der Waals surface area contributed by atoms with E-state index in [4.69, 9.17) is 4.84 Å². The molecule has 0 unspecified atom stereocenters. The molecule has 1 N–H and O–H groups in total. The summed E-state index contributed by atoms with van der Waals surface area (Å²) in [6, 6.07) is 7.98. The summed E-state index contributed by atoms with van der Waals surface area (Å²) in [4.78, 5) is 16.9. The van der Waals surface area contributed by atoms with Gasteiger partial charge in [-0.25, -0.2) is 0 Å². The summed E-state index contributed by atoms with van der Waals surface area (Å²) < 4.78 is 0.942. The van der Waals surface area contributed by atoms with Gasteiger partial charge in [0.2, 0.25) is 0 Å².